The van der Waals surface area contributed by atoms with Crippen molar-refractivity contribution in [1.29, 1.82) is 0 Å². The maximum Gasteiger partial charge on any atom is 0.246 e. The van der Waals surface area contributed by atoms with E-state index in [1.807, 2.05) is 49.1 Å². The number of piperidine rings is 1. The van der Waals surface area contributed by atoms with Crippen molar-refractivity contribution < 1.29 is 9.53 Å². The average molecular weight is 398 g/mol. The van der Waals surface area contributed by atoms with E-state index in [1.165, 1.54) is 37.9 Å². The predicted molar refractivity (Wildman–Crippen MR) is 119 cm³/mol. The van der Waals surface area contributed by atoms with E-state index >= 15 is 0 Å². The van der Waals surface area contributed by atoms with E-state index in [9.17, 15) is 4.79 Å². The lowest BCUT2D eigenvalue weighted by Gasteiger charge is -2.26. The van der Waals surface area contributed by atoms with Crippen molar-refractivity contribution in [2.24, 2.45) is 0 Å². The molecule has 0 atom stereocenters. The number of likely N-dealkylation sites (tertiary alicyclic amines) is 1. The summed E-state index contributed by atoms with van der Waals surface area (Å²) in [4.78, 5) is 17.1. The lowest BCUT2D eigenvalue weighted by Crippen LogP contribution is -2.36. The van der Waals surface area contributed by atoms with Gasteiger partial charge in [-0.3, -0.25) is 4.79 Å². The third-order valence-corrected chi connectivity index (χ3v) is 5.68. The van der Waals surface area contributed by atoms with Crippen LogP contribution in [0.25, 0.3) is 0 Å². The molecule has 2 heterocycles. The van der Waals surface area contributed by atoms with E-state index in [0.717, 1.165) is 49.7 Å². The number of benzene rings is 1. The van der Waals surface area contributed by atoms with Gasteiger partial charge in [-0.25, -0.2) is 0 Å². The Labute approximate surface area is 175 Å². The lowest BCUT2D eigenvalue weighted by atomic mass is 10.1. The minimum absolute atomic E-state index is 0.0998. The van der Waals surface area contributed by atoms with E-state index < -0.39 is 0 Å². The smallest absolute Gasteiger partial charge is 0.246 e. The molecule has 0 aliphatic carbocycles. The number of nitrogens with one attached hydrogen (secondary N) is 1. The van der Waals surface area contributed by atoms with Gasteiger partial charge in [0.05, 0.1) is 13.2 Å². The number of carbonyl (C=O) groups excluding carboxylic acids is 1. The van der Waals surface area contributed by atoms with Gasteiger partial charge in [-0.15, -0.1) is 0 Å². The molecular formula is C24H35N3O2. The molecule has 5 nitrogen and oxygen atoms in total. The van der Waals surface area contributed by atoms with Gasteiger partial charge in [0.25, 0.3) is 0 Å². The Bertz CT molecular complexity index is 736. The van der Waals surface area contributed by atoms with Gasteiger partial charge in [-0.1, -0.05) is 18.6 Å². The molecule has 2 aliphatic heterocycles. The van der Waals surface area contributed by atoms with Gasteiger partial charge in [-0.2, -0.15) is 0 Å². The fourth-order valence-electron chi connectivity index (χ4n) is 4.10. The van der Waals surface area contributed by atoms with Crippen molar-refractivity contribution in [3.05, 3.63) is 47.7 Å². The average Bonchev–Trinajstić information content (AvgIpc) is 3.18. The molecule has 5 heteroatoms. The van der Waals surface area contributed by atoms with Crippen LogP contribution in [0.15, 0.2) is 42.1 Å². The van der Waals surface area contributed by atoms with Crippen LogP contribution < -0.4 is 15.0 Å². The van der Waals surface area contributed by atoms with Crippen molar-refractivity contribution in [2.75, 3.05) is 44.2 Å². The summed E-state index contributed by atoms with van der Waals surface area (Å²) < 4.78 is 5.98. The molecule has 1 amide bonds. The second kappa shape index (κ2) is 11.1. The van der Waals surface area contributed by atoms with Crippen LogP contribution in [-0.4, -0.2) is 50.1 Å². The Hall–Kier alpha value is -2.27. The molecule has 1 fully saturated rings. The highest BCUT2D eigenvalue weighted by Gasteiger charge is 2.24. The van der Waals surface area contributed by atoms with Gasteiger partial charge in [0.15, 0.2) is 0 Å². The number of amides is 1. The summed E-state index contributed by atoms with van der Waals surface area (Å²) in [6.07, 6.45) is 11.9. The van der Waals surface area contributed by atoms with Gasteiger partial charge in [0.1, 0.15) is 5.75 Å². The fraction of sp³-hybridized carbons (Fsp3) is 0.542. The summed E-state index contributed by atoms with van der Waals surface area (Å²) in [5.41, 5.74) is 3.19. The number of ether oxygens (including phenoxy) is 1. The zero-order valence-corrected chi connectivity index (χ0v) is 18.0. The second-order valence-corrected chi connectivity index (χ2v) is 7.79. The molecule has 0 spiro atoms. The van der Waals surface area contributed by atoms with Crippen LogP contribution in [0.1, 0.15) is 45.1 Å². The quantitative estimate of drug-likeness (QED) is 0.507. The van der Waals surface area contributed by atoms with Crippen molar-refractivity contribution in [3.63, 3.8) is 0 Å². The van der Waals surface area contributed by atoms with E-state index in [4.69, 9.17) is 4.74 Å². The maximum absolute atomic E-state index is 12.7. The van der Waals surface area contributed by atoms with Gasteiger partial charge >= 0.3 is 0 Å². The normalized spacial score (nSPS) is 17.6. The minimum atomic E-state index is 0.0998. The molecule has 0 unspecified atom stereocenters. The predicted octanol–water partition coefficient (Wildman–Crippen LogP) is 3.90. The minimum Gasteiger partial charge on any atom is -0.494 e. The zero-order chi connectivity index (χ0) is 20.5. The largest absolute Gasteiger partial charge is 0.494 e. The van der Waals surface area contributed by atoms with Crippen molar-refractivity contribution >= 4 is 11.6 Å². The van der Waals surface area contributed by atoms with Gasteiger partial charge in [-0.05, 0) is 82.5 Å². The van der Waals surface area contributed by atoms with Gasteiger partial charge < -0.3 is 19.9 Å². The standard InChI is InChI=1S/C24H35N3O2/c1-3-9-21(4-2)25-19-24(28)27-16-12-20-18-22(10-11-23(20)27)29-17-8-15-26-13-6-5-7-14-26/h3-4,9-11,18,25H,5-8,12-17,19H2,1-2H3/b9-3-,21-4+. The number of fused-ring (bicyclic) bond motifs is 1. The summed E-state index contributed by atoms with van der Waals surface area (Å²) in [7, 11) is 0. The number of carbonyl (C=O) groups is 1. The maximum atomic E-state index is 12.7. The Morgan fingerprint density at radius 3 is 2.76 bits per heavy atom. The van der Waals surface area contributed by atoms with Crippen LogP contribution in [0.4, 0.5) is 5.69 Å². The Morgan fingerprint density at radius 2 is 2.00 bits per heavy atom. The summed E-state index contributed by atoms with van der Waals surface area (Å²) in [6.45, 7) is 9.33. The Morgan fingerprint density at radius 1 is 1.17 bits per heavy atom. The van der Waals surface area contributed by atoms with Crippen LogP contribution in [-0.2, 0) is 11.2 Å². The number of hydrogen-bond acceptors (Lipinski definition) is 4. The molecule has 29 heavy (non-hydrogen) atoms. The lowest BCUT2D eigenvalue weighted by molar-refractivity contribution is -0.117. The van der Waals surface area contributed by atoms with Gasteiger partial charge in [0, 0.05) is 24.5 Å². The molecule has 1 N–H and O–H groups in total. The zero-order valence-electron chi connectivity index (χ0n) is 18.0. The first-order chi connectivity index (χ1) is 14.2. The molecular weight excluding hydrogens is 362 g/mol. The highest BCUT2D eigenvalue weighted by atomic mass is 16.5. The van der Waals surface area contributed by atoms with E-state index in [-0.39, 0.29) is 5.91 Å². The third-order valence-electron chi connectivity index (χ3n) is 5.68. The first-order valence-corrected chi connectivity index (χ1v) is 11.0. The van der Waals surface area contributed by atoms with Crippen LogP contribution in [0.5, 0.6) is 5.75 Å². The second-order valence-electron chi connectivity index (χ2n) is 7.79. The highest BCUT2D eigenvalue weighted by molar-refractivity contribution is 5.97. The molecule has 1 aromatic carbocycles. The summed E-state index contributed by atoms with van der Waals surface area (Å²) >= 11 is 0. The number of rotatable bonds is 9. The first kappa shape index (κ1) is 21.4. The monoisotopic (exact) mass is 397 g/mol. The number of anilines is 1. The number of allylic oxidation sites excluding steroid dienone is 3. The topological polar surface area (TPSA) is 44.8 Å². The molecule has 2 aliphatic rings. The highest BCUT2D eigenvalue weighted by Crippen LogP contribution is 2.31. The first-order valence-electron chi connectivity index (χ1n) is 11.0. The summed E-state index contributed by atoms with van der Waals surface area (Å²) in [5, 5.41) is 3.20. The Kier molecular flexibility index (Phi) is 8.17. The van der Waals surface area contributed by atoms with Crippen LogP contribution in [0.2, 0.25) is 0 Å². The molecule has 1 saturated heterocycles. The van der Waals surface area contributed by atoms with E-state index in [2.05, 4.69) is 16.3 Å². The van der Waals surface area contributed by atoms with Gasteiger partial charge in [0.2, 0.25) is 5.91 Å². The summed E-state index contributed by atoms with van der Waals surface area (Å²) in [6, 6.07) is 6.13. The van der Waals surface area contributed by atoms with Crippen molar-refractivity contribution in [1.82, 2.24) is 10.2 Å². The van der Waals surface area contributed by atoms with E-state index in [0.29, 0.717) is 6.54 Å². The number of nitrogens with zero attached hydrogens (tertiary/aromatic N) is 2. The molecule has 0 aromatic heterocycles. The van der Waals surface area contributed by atoms with Crippen LogP contribution >= 0.6 is 0 Å². The SMILES string of the molecule is C/C=C\C(=C/C)NCC(=O)N1CCc2cc(OCCCN3CCCCC3)ccc21. The number of hydrogen-bond donors (Lipinski definition) is 1. The molecule has 0 saturated carbocycles. The summed E-state index contributed by atoms with van der Waals surface area (Å²) in [5.74, 6) is 1.02. The third kappa shape index (κ3) is 6.10. The molecule has 1 aromatic rings. The fourth-order valence-corrected chi connectivity index (χ4v) is 4.10. The molecule has 0 bridgehead atoms. The molecule has 0 radical (unpaired) electrons. The molecule has 158 valence electrons. The van der Waals surface area contributed by atoms with Crippen LogP contribution in [0.3, 0.4) is 0 Å². The molecule has 3 rings (SSSR count). The van der Waals surface area contributed by atoms with Crippen molar-refractivity contribution in [2.45, 2.75) is 46.0 Å². The van der Waals surface area contributed by atoms with E-state index in [1.54, 1.807) is 0 Å². The Balaban J connectivity index is 1.47. The van der Waals surface area contributed by atoms with Crippen LogP contribution in [0, 0.1) is 0 Å². The van der Waals surface area contributed by atoms with Crippen molar-refractivity contribution in [3.8, 4) is 5.75 Å².